The van der Waals surface area contributed by atoms with Crippen LogP contribution in [0, 0.1) is 0 Å². The maximum Gasteiger partial charge on any atom is 0.0635 e. The molecule has 0 unspecified atom stereocenters. The lowest BCUT2D eigenvalue weighted by atomic mass is 10.4. The summed E-state index contributed by atoms with van der Waals surface area (Å²) in [6.45, 7) is 9.18. The van der Waals surface area contributed by atoms with Crippen molar-refractivity contribution in [3.63, 3.8) is 0 Å². The van der Waals surface area contributed by atoms with Crippen LogP contribution in [0.2, 0.25) is 0 Å². The van der Waals surface area contributed by atoms with Gasteiger partial charge in [-0.05, 0) is 26.2 Å². The van der Waals surface area contributed by atoms with Crippen molar-refractivity contribution in [1.82, 2.24) is 0 Å². The summed E-state index contributed by atoms with van der Waals surface area (Å²) in [5.41, 5.74) is 0. The number of allylic oxidation sites excluding steroid dienone is 1. The molecule has 0 radical (unpaired) electrons. The van der Waals surface area contributed by atoms with E-state index in [4.69, 9.17) is 0 Å². The smallest absolute Gasteiger partial charge is 0.0635 e. The Kier molecular flexibility index (Phi) is 10.4. The second-order valence-electron chi connectivity index (χ2n) is 4.93. The molecule has 0 atom stereocenters. The Morgan fingerprint density at radius 2 is 1.12 bits per heavy atom. The van der Waals surface area contributed by atoms with Crippen molar-refractivity contribution in [2.75, 3.05) is 18.5 Å². The molecule has 0 aromatic heterocycles. The summed E-state index contributed by atoms with van der Waals surface area (Å²) >= 11 is 0. The van der Waals surface area contributed by atoms with E-state index in [0.717, 1.165) is 0 Å². The van der Waals surface area contributed by atoms with Gasteiger partial charge in [0.2, 0.25) is 0 Å². The maximum atomic E-state index is 2.62. The molecule has 0 aromatic carbocycles. The molecule has 0 fully saturated rings. The van der Waals surface area contributed by atoms with E-state index in [-0.39, 0.29) is 0 Å². The third-order valence-corrected chi connectivity index (χ3v) is 7.89. The Morgan fingerprint density at radius 1 is 0.750 bits per heavy atom. The minimum atomic E-state index is -0.726. The van der Waals surface area contributed by atoms with Gasteiger partial charge in [-0.2, -0.15) is 0 Å². The monoisotopic (exact) mass is 243 g/mol. The van der Waals surface area contributed by atoms with Crippen molar-refractivity contribution in [1.29, 1.82) is 0 Å². The van der Waals surface area contributed by atoms with Gasteiger partial charge in [-0.15, -0.1) is 0 Å². The van der Waals surface area contributed by atoms with E-state index in [2.05, 4.69) is 39.6 Å². The molecule has 0 aliphatic heterocycles. The van der Waals surface area contributed by atoms with Gasteiger partial charge in [-0.3, -0.25) is 0 Å². The van der Waals surface area contributed by atoms with Crippen molar-refractivity contribution in [2.45, 2.75) is 66.2 Å². The van der Waals surface area contributed by atoms with Gasteiger partial charge in [0.25, 0.3) is 0 Å². The van der Waals surface area contributed by atoms with E-state index >= 15 is 0 Å². The number of hydrogen-bond acceptors (Lipinski definition) is 0. The molecule has 0 rings (SSSR count). The molecule has 0 saturated heterocycles. The average Bonchev–Trinajstić information content (AvgIpc) is 2.31. The Bertz CT molecular complexity index is 150. The summed E-state index contributed by atoms with van der Waals surface area (Å²) in [6.07, 6.45) is 15.2. The van der Waals surface area contributed by atoms with Gasteiger partial charge in [-0.1, -0.05) is 46.1 Å². The first kappa shape index (κ1) is 16.2. The van der Waals surface area contributed by atoms with Crippen LogP contribution < -0.4 is 0 Å². The molecule has 96 valence electrons. The topological polar surface area (TPSA) is 0 Å². The third kappa shape index (κ3) is 6.69. The van der Waals surface area contributed by atoms with Crippen molar-refractivity contribution >= 4 is 7.26 Å². The molecule has 0 heterocycles. The first-order valence-corrected chi connectivity index (χ1v) is 9.65. The van der Waals surface area contributed by atoms with Gasteiger partial charge >= 0.3 is 0 Å². The zero-order valence-electron chi connectivity index (χ0n) is 12.0. The first-order valence-electron chi connectivity index (χ1n) is 7.24. The van der Waals surface area contributed by atoms with Crippen LogP contribution in [0.1, 0.15) is 66.2 Å². The van der Waals surface area contributed by atoms with Crippen LogP contribution in [0.3, 0.4) is 0 Å². The molecule has 0 aliphatic rings. The molecule has 0 bridgehead atoms. The van der Waals surface area contributed by atoms with Gasteiger partial charge in [0.1, 0.15) is 0 Å². The van der Waals surface area contributed by atoms with Crippen molar-refractivity contribution in [2.24, 2.45) is 0 Å². The van der Waals surface area contributed by atoms with Crippen LogP contribution in [0.5, 0.6) is 0 Å². The summed E-state index contributed by atoms with van der Waals surface area (Å²) in [5, 5.41) is 0. The highest BCUT2D eigenvalue weighted by Gasteiger charge is 2.32. The third-order valence-electron chi connectivity index (χ3n) is 3.34. The van der Waals surface area contributed by atoms with Crippen LogP contribution in [0.4, 0.5) is 0 Å². The van der Waals surface area contributed by atoms with Crippen LogP contribution in [-0.2, 0) is 0 Å². The summed E-state index contributed by atoms with van der Waals surface area (Å²) in [5.74, 6) is 2.62. The predicted molar refractivity (Wildman–Crippen MR) is 81.1 cm³/mol. The minimum Gasteiger partial charge on any atom is -0.0652 e. The van der Waals surface area contributed by atoms with Gasteiger partial charge < -0.3 is 0 Å². The SMILES string of the molecule is CC=C[P+](CCCC)(CCCC)CCCC. The van der Waals surface area contributed by atoms with E-state index in [1.54, 1.807) is 0 Å². The van der Waals surface area contributed by atoms with Gasteiger partial charge in [0.05, 0.1) is 24.3 Å². The lowest BCUT2D eigenvalue weighted by Gasteiger charge is -2.24. The highest BCUT2D eigenvalue weighted by molar-refractivity contribution is 7.78. The van der Waals surface area contributed by atoms with Crippen LogP contribution >= 0.6 is 7.26 Å². The lowest BCUT2D eigenvalue weighted by molar-refractivity contribution is 0.840. The van der Waals surface area contributed by atoms with E-state index in [0.29, 0.717) is 0 Å². The van der Waals surface area contributed by atoms with Gasteiger partial charge in [-0.25, -0.2) is 0 Å². The lowest BCUT2D eigenvalue weighted by Crippen LogP contribution is -2.06. The number of hydrogen-bond donors (Lipinski definition) is 0. The van der Waals surface area contributed by atoms with Crippen molar-refractivity contribution in [3.8, 4) is 0 Å². The quantitative estimate of drug-likeness (QED) is 0.417. The highest BCUT2D eigenvalue weighted by Crippen LogP contribution is 2.62. The summed E-state index contributed by atoms with van der Waals surface area (Å²) in [6, 6.07) is 0. The molecule has 0 saturated carbocycles. The molecule has 0 N–H and O–H groups in total. The van der Waals surface area contributed by atoms with Crippen LogP contribution in [0.25, 0.3) is 0 Å². The number of rotatable bonds is 10. The molecule has 0 spiro atoms. The Morgan fingerprint density at radius 3 is 1.38 bits per heavy atom. The van der Waals surface area contributed by atoms with Crippen LogP contribution in [0.15, 0.2) is 11.9 Å². The second-order valence-corrected chi connectivity index (χ2v) is 9.01. The molecule has 1 heteroatoms. The minimum absolute atomic E-state index is 0.726. The van der Waals surface area contributed by atoms with Gasteiger partial charge in [0, 0.05) is 7.26 Å². The van der Waals surface area contributed by atoms with Crippen molar-refractivity contribution in [3.05, 3.63) is 11.9 Å². The predicted octanol–water partition coefficient (Wildman–Crippen LogP) is 5.94. The molecular formula is C15H32P+. The molecule has 0 aliphatic carbocycles. The zero-order valence-corrected chi connectivity index (χ0v) is 12.9. The fraction of sp³-hybridized carbons (Fsp3) is 0.867. The highest BCUT2D eigenvalue weighted by atomic mass is 31.2. The van der Waals surface area contributed by atoms with E-state index in [9.17, 15) is 0 Å². The zero-order chi connectivity index (χ0) is 12.3. The Balaban J connectivity index is 4.45. The average molecular weight is 243 g/mol. The summed E-state index contributed by atoms with van der Waals surface area (Å²) < 4.78 is 0. The fourth-order valence-electron chi connectivity index (χ4n) is 2.29. The first-order chi connectivity index (χ1) is 7.74. The molecule has 0 aromatic rings. The van der Waals surface area contributed by atoms with E-state index in [1.165, 1.54) is 57.0 Å². The van der Waals surface area contributed by atoms with Gasteiger partial charge in [0.15, 0.2) is 0 Å². The summed E-state index contributed by atoms with van der Waals surface area (Å²) in [7, 11) is -0.726. The molecule has 0 amide bonds. The van der Waals surface area contributed by atoms with Crippen LogP contribution in [-0.4, -0.2) is 18.5 Å². The normalized spacial score (nSPS) is 12.5. The second kappa shape index (κ2) is 10.3. The molecular weight excluding hydrogens is 211 g/mol. The summed E-state index contributed by atoms with van der Waals surface area (Å²) in [4.78, 5) is 0. The fourth-order valence-corrected chi connectivity index (χ4v) is 6.88. The standard InChI is InChI=1S/C15H32P/c1-5-9-13-16(12-8-4,14-10-6-2)15-11-7-3/h8,12H,5-7,9-11,13-15H2,1-4H3/q+1. The molecule has 16 heavy (non-hydrogen) atoms. The Hall–Kier alpha value is 0.170. The van der Waals surface area contributed by atoms with E-state index in [1.807, 2.05) is 0 Å². The largest absolute Gasteiger partial charge is 0.0652 e. The molecule has 0 nitrogen and oxygen atoms in total. The number of unbranched alkanes of at least 4 members (excludes halogenated alkanes) is 3. The Labute approximate surface area is 104 Å². The maximum absolute atomic E-state index is 2.62. The van der Waals surface area contributed by atoms with Crippen molar-refractivity contribution < 1.29 is 0 Å². The van der Waals surface area contributed by atoms with E-state index < -0.39 is 7.26 Å².